The Morgan fingerprint density at radius 2 is 1.67 bits per heavy atom. The molecule has 2 aromatic heterocycles. The molecule has 0 saturated carbocycles. The lowest BCUT2D eigenvalue weighted by Gasteiger charge is -2.21. The van der Waals surface area contributed by atoms with Crippen LogP contribution in [0.15, 0.2) is 80.7 Å². The van der Waals surface area contributed by atoms with Gasteiger partial charge in [0.15, 0.2) is 5.89 Å². The molecule has 4 aromatic rings. The molecule has 0 amide bonds. The number of carboxylic acid groups (broad SMARTS) is 1. The number of aliphatic carboxylic acids is 1. The van der Waals surface area contributed by atoms with Crippen LogP contribution in [0.1, 0.15) is 53.6 Å². The summed E-state index contributed by atoms with van der Waals surface area (Å²) in [5, 5.41) is 9.41. The first-order valence-electron chi connectivity index (χ1n) is 11.9. The Balaban J connectivity index is 1.47. The minimum absolute atomic E-state index is 0.593. The van der Waals surface area contributed by atoms with Crippen molar-refractivity contribution in [3.63, 3.8) is 0 Å². The van der Waals surface area contributed by atoms with Crippen molar-refractivity contribution in [2.24, 2.45) is 0 Å². The third kappa shape index (κ3) is 6.89. The van der Waals surface area contributed by atoms with Crippen LogP contribution in [0.2, 0.25) is 0 Å². The van der Waals surface area contributed by atoms with Crippen LogP contribution in [-0.4, -0.2) is 25.7 Å². The SMILES string of the molecule is Cc1ccc(Cc2nc(C)c(CN(Cc3ccc(SC(C)(C)C(=O)O)cc3)Cc3ccco3)o2)cc1. The summed E-state index contributed by atoms with van der Waals surface area (Å²) in [7, 11) is 0. The zero-order valence-corrected chi connectivity index (χ0v) is 22.0. The molecule has 0 unspecified atom stereocenters. The molecular weight excluding hydrogens is 472 g/mol. The molecule has 7 heteroatoms. The first kappa shape index (κ1) is 25.8. The van der Waals surface area contributed by atoms with Crippen molar-refractivity contribution < 1.29 is 18.7 Å². The van der Waals surface area contributed by atoms with Gasteiger partial charge in [0.1, 0.15) is 16.3 Å². The second-order valence-corrected chi connectivity index (χ2v) is 11.3. The van der Waals surface area contributed by atoms with Gasteiger partial charge in [0, 0.05) is 17.9 Å². The minimum atomic E-state index is -0.882. The molecule has 36 heavy (non-hydrogen) atoms. The number of aryl methyl sites for hydroxylation is 2. The van der Waals surface area contributed by atoms with Crippen LogP contribution in [0.4, 0.5) is 0 Å². The third-order valence-electron chi connectivity index (χ3n) is 5.96. The maximum absolute atomic E-state index is 11.5. The molecule has 0 radical (unpaired) electrons. The van der Waals surface area contributed by atoms with Gasteiger partial charge in [0.25, 0.3) is 0 Å². The van der Waals surface area contributed by atoms with E-state index < -0.39 is 10.7 Å². The summed E-state index contributed by atoms with van der Waals surface area (Å²) >= 11 is 1.34. The van der Waals surface area contributed by atoms with Gasteiger partial charge in [-0.3, -0.25) is 9.69 Å². The number of rotatable bonds is 11. The standard InChI is InChI=1S/C29H32N2O4S/c1-20-7-9-22(10-8-20)16-27-30-21(2)26(35-27)19-31(18-24-6-5-15-34-24)17-23-11-13-25(14-12-23)36-29(3,4)28(32)33/h5-15H,16-19H2,1-4H3,(H,32,33). The number of thioether (sulfide) groups is 1. The number of nitrogens with zero attached hydrogens (tertiary/aromatic N) is 2. The quantitative estimate of drug-likeness (QED) is 0.230. The van der Waals surface area contributed by atoms with Crippen molar-refractivity contribution in [1.29, 1.82) is 0 Å². The topological polar surface area (TPSA) is 79.7 Å². The van der Waals surface area contributed by atoms with Crippen LogP contribution in [0.25, 0.3) is 0 Å². The van der Waals surface area contributed by atoms with E-state index in [1.54, 1.807) is 20.1 Å². The van der Waals surface area contributed by atoms with Gasteiger partial charge in [0.2, 0.25) is 0 Å². The molecule has 2 aromatic carbocycles. The van der Waals surface area contributed by atoms with Crippen LogP contribution in [-0.2, 0) is 30.8 Å². The Labute approximate surface area is 216 Å². The molecule has 2 heterocycles. The van der Waals surface area contributed by atoms with Gasteiger partial charge in [-0.1, -0.05) is 42.0 Å². The number of aromatic nitrogens is 1. The monoisotopic (exact) mass is 504 g/mol. The number of oxazole rings is 1. The van der Waals surface area contributed by atoms with Crippen LogP contribution in [0, 0.1) is 13.8 Å². The highest BCUT2D eigenvalue weighted by Crippen LogP contribution is 2.33. The Morgan fingerprint density at radius 1 is 0.972 bits per heavy atom. The van der Waals surface area contributed by atoms with Crippen LogP contribution < -0.4 is 0 Å². The molecule has 6 nitrogen and oxygen atoms in total. The van der Waals surface area contributed by atoms with Crippen molar-refractivity contribution in [1.82, 2.24) is 9.88 Å². The van der Waals surface area contributed by atoms with E-state index in [1.165, 1.54) is 22.9 Å². The molecule has 188 valence electrons. The number of benzene rings is 2. The first-order chi connectivity index (χ1) is 17.2. The summed E-state index contributed by atoms with van der Waals surface area (Å²) < 4.78 is 10.9. The Kier molecular flexibility index (Phi) is 8.01. The molecule has 0 atom stereocenters. The van der Waals surface area contributed by atoms with E-state index in [0.717, 1.165) is 27.7 Å². The van der Waals surface area contributed by atoms with Crippen molar-refractivity contribution in [3.8, 4) is 0 Å². The summed E-state index contributed by atoms with van der Waals surface area (Å²) in [5.41, 5.74) is 4.42. The summed E-state index contributed by atoms with van der Waals surface area (Å²) in [5.74, 6) is 1.61. The smallest absolute Gasteiger partial charge is 0.319 e. The van der Waals surface area contributed by atoms with Gasteiger partial charge in [-0.25, -0.2) is 4.98 Å². The highest BCUT2D eigenvalue weighted by molar-refractivity contribution is 8.01. The predicted molar refractivity (Wildman–Crippen MR) is 141 cm³/mol. The number of carbonyl (C=O) groups is 1. The van der Waals surface area contributed by atoms with E-state index in [4.69, 9.17) is 8.83 Å². The maximum atomic E-state index is 11.5. The highest BCUT2D eigenvalue weighted by atomic mass is 32.2. The van der Waals surface area contributed by atoms with E-state index >= 15 is 0 Å². The van der Waals surface area contributed by atoms with E-state index in [9.17, 15) is 9.90 Å². The molecule has 0 saturated heterocycles. The summed E-state index contributed by atoms with van der Waals surface area (Å²) in [6.45, 7) is 9.39. The number of furan rings is 1. The molecule has 0 bridgehead atoms. The zero-order chi connectivity index (χ0) is 25.7. The van der Waals surface area contributed by atoms with Gasteiger partial charge in [0.05, 0.1) is 25.0 Å². The summed E-state index contributed by atoms with van der Waals surface area (Å²) in [6.07, 6.45) is 2.34. The normalized spacial score (nSPS) is 11.8. The number of hydrogen-bond donors (Lipinski definition) is 1. The summed E-state index contributed by atoms with van der Waals surface area (Å²) in [4.78, 5) is 19.3. The lowest BCUT2D eigenvalue weighted by molar-refractivity contribution is -0.138. The number of hydrogen-bond acceptors (Lipinski definition) is 6. The average molecular weight is 505 g/mol. The second kappa shape index (κ2) is 11.2. The van der Waals surface area contributed by atoms with E-state index in [2.05, 4.69) is 41.1 Å². The molecule has 0 aliphatic rings. The maximum Gasteiger partial charge on any atom is 0.319 e. The van der Waals surface area contributed by atoms with E-state index in [-0.39, 0.29) is 0 Å². The zero-order valence-electron chi connectivity index (χ0n) is 21.2. The fraction of sp³-hybridized carbons (Fsp3) is 0.310. The molecule has 4 rings (SSSR count). The van der Waals surface area contributed by atoms with Crippen molar-refractivity contribution >= 4 is 17.7 Å². The summed E-state index contributed by atoms with van der Waals surface area (Å²) in [6, 6.07) is 20.3. The second-order valence-electron chi connectivity index (χ2n) is 9.56. The number of carboxylic acids is 1. The van der Waals surface area contributed by atoms with Crippen molar-refractivity contribution in [3.05, 3.63) is 107 Å². The van der Waals surface area contributed by atoms with Crippen LogP contribution in [0.3, 0.4) is 0 Å². The average Bonchev–Trinajstić information content (AvgIpc) is 3.46. The molecular formula is C29H32N2O4S. The molecule has 0 aliphatic carbocycles. The predicted octanol–water partition coefficient (Wildman–Crippen LogP) is 6.63. The molecule has 0 spiro atoms. The lowest BCUT2D eigenvalue weighted by atomic mass is 10.1. The fourth-order valence-corrected chi connectivity index (χ4v) is 4.79. The molecule has 0 aliphatic heterocycles. The largest absolute Gasteiger partial charge is 0.480 e. The Morgan fingerprint density at radius 3 is 2.31 bits per heavy atom. The van der Waals surface area contributed by atoms with Crippen LogP contribution in [0.5, 0.6) is 0 Å². The molecule has 1 N–H and O–H groups in total. The van der Waals surface area contributed by atoms with Gasteiger partial charge in [-0.15, -0.1) is 11.8 Å². The van der Waals surface area contributed by atoms with E-state index in [0.29, 0.717) is 31.9 Å². The van der Waals surface area contributed by atoms with Gasteiger partial charge >= 0.3 is 5.97 Å². The minimum Gasteiger partial charge on any atom is -0.480 e. The van der Waals surface area contributed by atoms with Gasteiger partial charge < -0.3 is 13.9 Å². The van der Waals surface area contributed by atoms with Crippen molar-refractivity contribution in [2.75, 3.05) is 0 Å². The third-order valence-corrected chi connectivity index (χ3v) is 7.15. The van der Waals surface area contributed by atoms with Crippen molar-refractivity contribution in [2.45, 2.75) is 63.4 Å². The van der Waals surface area contributed by atoms with Gasteiger partial charge in [-0.2, -0.15) is 0 Å². The fourth-order valence-electron chi connectivity index (χ4n) is 3.84. The van der Waals surface area contributed by atoms with Gasteiger partial charge in [-0.05, 0) is 63.1 Å². The lowest BCUT2D eigenvalue weighted by Crippen LogP contribution is -2.26. The van der Waals surface area contributed by atoms with Crippen LogP contribution >= 0.6 is 11.8 Å². The Hall–Kier alpha value is -3.29. The molecule has 0 fully saturated rings. The highest BCUT2D eigenvalue weighted by Gasteiger charge is 2.28. The Bertz CT molecular complexity index is 1280. The first-order valence-corrected chi connectivity index (χ1v) is 12.8. The van der Waals surface area contributed by atoms with E-state index in [1.807, 2.05) is 43.3 Å².